The molecule has 1 aliphatic carbocycles. The summed E-state index contributed by atoms with van der Waals surface area (Å²) in [5.41, 5.74) is 2.86. The zero-order chi connectivity index (χ0) is 14.9. The van der Waals surface area contributed by atoms with Gasteiger partial charge < -0.3 is 10.1 Å². The predicted octanol–water partition coefficient (Wildman–Crippen LogP) is 5.39. The topological polar surface area (TPSA) is 21.3 Å². The van der Waals surface area contributed by atoms with Crippen molar-refractivity contribution in [3.05, 3.63) is 22.2 Å². The van der Waals surface area contributed by atoms with Gasteiger partial charge in [-0.3, -0.25) is 0 Å². The fourth-order valence-corrected chi connectivity index (χ4v) is 3.96. The van der Waals surface area contributed by atoms with E-state index in [9.17, 15) is 0 Å². The van der Waals surface area contributed by atoms with E-state index in [0.717, 1.165) is 15.9 Å². The van der Waals surface area contributed by atoms with Crippen LogP contribution in [-0.4, -0.2) is 13.2 Å². The van der Waals surface area contributed by atoms with Gasteiger partial charge in [-0.15, -0.1) is 0 Å². The average Bonchev–Trinajstić information content (AvgIpc) is 2.34. The molecule has 2 unspecified atom stereocenters. The molecular formula is C17H26BrNO. The molecule has 0 bridgehead atoms. The maximum absolute atomic E-state index is 5.53. The van der Waals surface area contributed by atoms with E-state index in [1.54, 1.807) is 7.11 Å². The summed E-state index contributed by atoms with van der Waals surface area (Å²) in [5.74, 6) is 1.61. The van der Waals surface area contributed by atoms with E-state index in [1.165, 1.54) is 24.8 Å². The lowest BCUT2D eigenvalue weighted by atomic mass is 9.70. The van der Waals surface area contributed by atoms with Crippen molar-refractivity contribution in [2.45, 2.75) is 53.0 Å². The van der Waals surface area contributed by atoms with Crippen molar-refractivity contribution in [1.82, 2.24) is 0 Å². The molecule has 3 heteroatoms. The maximum atomic E-state index is 5.53. The Labute approximate surface area is 131 Å². The quantitative estimate of drug-likeness (QED) is 0.796. The van der Waals surface area contributed by atoms with E-state index in [1.807, 2.05) is 6.07 Å². The number of aryl methyl sites for hydroxylation is 1. The Morgan fingerprint density at radius 2 is 2.05 bits per heavy atom. The number of nitrogens with one attached hydrogen (secondary N) is 1. The highest BCUT2D eigenvalue weighted by molar-refractivity contribution is 9.10. The number of hydrogen-bond donors (Lipinski definition) is 1. The Bertz CT molecular complexity index is 484. The van der Waals surface area contributed by atoms with Gasteiger partial charge in [0.2, 0.25) is 0 Å². The van der Waals surface area contributed by atoms with Crippen LogP contribution >= 0.6 is 15.9 Å². The molecule has 0 saturated heterocycles. The molecule has 0 aliphatic heterocycles. The second-order valence-corrected chi connectivity index (χ2v) is 7.85. The first-order valence-electron chi connectivity index (χ1n) is 7.43. The van der Waals surface area contributed by atoms with E-state index < -0.39 is 0 Å². The van der Waals surface area contributed by atoms with Gasteiger partial charge in [0.1, 0.15) is 5.75 Å². The van der Waals surface area contributed by atoms with Crippen molar-refractivity contribution >= 4 is 21.6 Å². The second-order valence-electron chi connectivity index (χ2n) is 6.94. The van der Waals surface area contributed by atoms with E-state index in [2.05, 4.69) is 55.0 Å². The molecule has 2 rings (SSSR count). The Kier molecular flexibility index (Phi) is 4.68. The monoisotopic (exact) mass is 339 g/mol. The van der Waals surface area contributed by atoms with Gasteiger partial charge in [0, 0.05) is 10.5 Å². The number of benzene rings is 1. The Balaban J connectivity index is 2.18. The number of methoxy groups -OCH3 is 1. The third-order valence-electron chi connectivity index (χ3n) is 4.51. The Hall–Kier alpha value is -0.700. The van der Waals surface area contributed by atoms with Crippen LogP contribution in [0.5, 0.6) is 5.75 Å². The maximum Gasteiger partial charge on any atom is 0.143 e. The SMILES string of the molecule is COc1cc(Br)cc(C)c1NC1CCC(C)(C)CC1C. The molecule has 2 nitrogen and oxygen atoms in total. The summed E-state index contributed by atoms with van der Waals surface area (Å²) in [6, 6.07) is 4.71. The number of hydrogen-bond acceptors (Lipinski definition) is 2. The Morgan fingerprint density at radius 1 is 1.35 bits per heavy atom. The minimum absolute atomic E-state index is 0.483. The fourth-order valence-electron chi connectivity index (χ4n) is 3.40. The molecule has 20 heavy (non-hydrogen) atoms. The number of halogens is 1. The van der Waals surface area contributed by atoms with Crippen molar-refractivity contribution in [2.75, 3.05) is 12.4 Å². The molecule has 1 N–H and O–H groups in total. The molecule has 1 fully saturated rings. The second kappa shape index (κ2) is 5.97. The summed E-state index contributed by atoms with van der Waals surface area (Å²) >= 11 is 3.53. The minimum Gasteiger partial charge on any atom is -0.495 e. The molecular weight excluding hydrogens is 314 g/mol. The van der Waals surface area contributed by atoms with Crippen LogP contribution in [0, 0.1) is 18.3 Å². The van der Waals surface area contributed by atoms with Crippen molar-refractivity contribution in [3.63, 3.8) is 0 Å². The zero-order valence-corrected chi connectivity index (χ0v) is 14.8. The lowest BCUT2D eigenvalue weighted by molar-refractivity contribution is 0.177. The van der Waals surface area contributed by atoms with Crippen LogP contribution in [0.2, 0.25) is 0 Å². The van der Waals surface area contributed by atoms with Crippen LogP contribution in [0.3, 0.4) is 0 Å². The van der Waals surface area contributed by atoms with Gasteiger partial charge in [-0.25, -0.2) is 0 Å². The standard InChI is InChI=1S/C17H26BrNO/c1-11-8-13(18)9-15(20-5)16(11)19-14-6-7-17(3,4)10-12(14)2/h8-9,12,14,19H,6-7,10H2,1-5H3. The Morgan fingerprint density at radius 3 is 2.65 bits per heavy atom. The molecule has 1 aromatic carbocycles. The molecule has 112 valence electrons. The summed E-state index contributed by atoms with van der Waals surface area (Å²) < 4.78 is 6.60. The normalized spacial score (nSPS) is 25.3. The zero-order valence-electron chi connectivity index (χ0n) is 13.2. The van der Waals surface area contributed by atoms with Crippen LogP contribution in [0.15, 0.2) is 16.6 Å². The van der Waals surface area contributed by atoms with Crippen molar-refractivity contribution in [3.8, 4) is 5.75 Å². The molecule has 1 aliphatic rings. The third-order valence-corrected chi connectivity index (χ3v) is 4.97. The van der Waals surface area contributed by atoms with Crippen LogP contribution in [0.1, 0.15) is 45.6 Å². The highest BCUT2D eigenvalue weighted by atomic mass is 79.9. The van der Waals surface area contributed by atoms with Gasteiger partial charge in [0.15, 0.2) is 0 Å². The fraction of sp³-hybridized carbons (Fsp3) is 0.647. The van der Waals surface area contributed by atoms with Crippen molar-refractivity contribution < 1.29 is 4.74 Å². The molecule has 0 amide bonds. The summed E-state index contributed by atoms with van der Waals surface area (Å²) in [4.78, 5) is 0. The first kappa shape index (κ1) is 15.7. The van der Waals surface area contributed by atoms with E-state index in [4.69, 9.17) is 4.74 Å². The van der Waals surface area contributed by atoms with Crippen LogP contribution in [0.25, 0.3) is 0 Å². The van der Waals surface area contributed by atoms with E-state index in [-0.39, 0.29) is 0 Å². The van der Waals surface area contributed by atoms with Gasteiger partial charge in [0.25, 0.3) is 0 Å². The largest absolute Gasteiger partial charge is 0.495 e. The van der Waals surface area contributed by atoms with Gasteiger partial charge >= 0.3 is 0 Å². The van der Waals surface area contributed by atoms with Gasteiger partial charge in [-0.1, -0.05) is 36.7 Å². The summed E-state index contributed by atoms with van der Waals surface area (Å²) in [7, 11) is 1.74. The lowest BCUT2D eigenvalue weighted by Gasteiger charge is -2.40. The number of rotatable bonds is 3. The van der Waals surface area contributed by atoms with Crippen LogP contribution < -0.4 is 10.1 Å². The predicted molar refractivity (Wildman–Crippen MR) is 89.6 cm³/mol. The average molecular weight is 340 g/mol. The smallest absolute Gasteiger partial charge is 0.143 e. The minimum atomic E-state index is 0.483. The molecule has 2 atom stereocenters. The summed E-state index contributed by atoms with van der Waals surface area (Å²) in [5, 5.41) is 3.74. The van der Waals surface area contributed by atoms with Crippen molar-refractivity contribution in [2.24, 2.45) is 11.3 Å². The lowest BCUT2D eigenvalue weighted by Crippen LogP contribution is -2.37. The highest BCUT2D eigenvalue weighted by Crippen LogP contribution is 2.41. The van der Waals surface area contributed by atoms with Crippen molar-refractivity contribution in [1.29, 1.82) is 0 Å². The molecule has 0 heterocycles. The van der Waals surface area contributed by atoms with Gasteiger partial charge in [-0.05, 0) is 55.2 Å². The van der Waals surface area contributed by atoms with E-state index >= 15 is 0 Å². The van der Waals surface area contributed by atoms with Gasteiger partial charge in [-0.2, -0.15) is 0 Å². The van der Waals surface area contributed by atoms with Crippen LogP contribution in [0.4, 0.5) is 5.69 Å². The van der Waals surface area contributed by atoms with Crippen LogP contribution in [-0.2, 0) is 0 Å². The third kappa shape index (κ3) is 3.49. The molecule has 0 radical (unpaired) electrons. The first-order valence-corrected chi connectivity index (χ1v) is 8.22. The first-order chi connectivity index (χ1) is 9.32. The number of ether oxygens (including phenoxy) is 1. The molecule has 0 spiro atoms. The summed E-state index contributed by atoms with van der Waals surface area (Å²) in [6.07, 6.45) is 3.79. The van der Waals surface area contributed by atoms with E-state index in [0.29, 0.717) is 17.4 Å². The summed E-state index contributed by atoms with van der Waals surface area (Å²) in [6.45, 7) is 9.25. The molecule has 1 aromatic rings. The molecule has 0 aromatic heterocycles. The highest BCUT2D eigenvalue weighted by Gasteiger charge is 2.32. The molecule has 1 saturated carbocycles. The number of anilines is 1. The van der Waals surface area contributed by atoms with Gasteiger partial charge in [0.05, 0.1) is 12.8 Å².